The number of nitrogens with one attached hydrogen (secondary N) is 1. The second kappa shape index (κ2) is 4.85. The Hall–Kier alpha value is -2.15. The monoisotopic (exact) mass is 279 g/mol. The van der Waals surface area contributed by atoms with Crippen LogP contribution in [0, 0.1) is 13.8 Å². The molecule has 100 valence electrons. The zero-order valence-corrected chi connectivity index (χ0v) is 11.5. The van der Waals surface area contributed by atoms with E-state index in [1.165, 1.54) is 6.07 Å². The van der Waals surface area contributed by atoms with Crippen molar-refractivity contribution >= 4 is 28.2 Å². The fourth-order valence-electron chi connectivity index (χ4n) is 1.80. The highest BCUT2D eigenvalue weighted by molar-refractivity contribution is 7.18. The van der Waals surface area contributed by atoms with E-state index in [-0.39, 0.29) is 10.8 Å². The summed E-state index contributed by atoms with van der Waals surface area (Å²) in [5.74, 6) is -1.28. The third-order valence-electron chi connectivity index (χ3n) is 2.79. The van der Waals surface area contributed by atoms with Gasteiger partial charge in [-0.3, -0.25) is 9.48 Å². The van der Waals surface area contributed by atoms with E-state index < -0.39 is 5.97 Å². The number of aryl methyl sites for hydroxylation is 2. The molecular formula is C12H13N3O3S. The number of aromatic carboxylic acids is 1. The average molecular weight is 279 g/mol. The maximum Gasteiger partial charge on any atom is 0.345 e. The number of nitrogens with zero attached hydrogens (tertiary/aromatic N) is 2. The van der Waals surface area contributed by atoms with Crippen LogP contribution in [0.4, 0.5) is 5.00 Å². The Bertz CT molecular complexity index is 657. The fourth-order valence-corrected chi connectivity index (χ4v) is 2.54. The van der Waals surface area contributed by atoms with E-state index in [0.29, 0.717) is 16.3 Å². The first kappa shape index (κ1) is 13.3. The number of anilines is 1. The van der Waals surface area contributed by atoms with Gasteiger partial charge < -0.3 is 10.4 Å². The summed E-state index contributed by atoms with van der Waals surface area (Å²) in [7, 11) is 1.77. The molecule has 0 aliphatic heterocycles. The van der Waals surface area contributed by atoms with Crippen molar-refractivity contribution < 1.29 is 14.7 Å². The minimum Gasteiger partial charge on any atom is -0.477 e. The maximum atomic E-state index is 12.1. The van der Waals surface area contributed by atoms with Crippen LogP contribution in [0.25, 0.3) is 0 Å². The number of carboxylic acids is 1. The lowest BCUT2D eigenvalue weighted by Crippen LogP contribution is -2.13. The van der Waals surface area contributed by atoms with Gasteiger partial charge in [0, 0.05) is 12.7 Å². The number of carbonyl (C=O) groups is 2. The summed E-state index contributed by atoms with van der Waals surface area (Å²) in [5, 5.41) is 16.2. The second-order valence-corrected chi connectivity index (χ2v) is 5.18. The molecule has 7 heteroatoms. The summed E-state index contributed by atoms with van der Waals surface area (Å²) in [5.41, 5.74) is 1.94. The summed E-state index contributed by atoms with van der Waals surface area (Å²) in [4.78, 5) is 23.1. The van der Waals surface area contributed by atoms with Crippen molar-refractivity contribution in [3.05, 3.63) is 34.0 Å². The van der Waals surface area contributed by atoms with Crippen LogP contribution in [0.3, 0.4) is 0 Å². The SMILES string of the molecule is Cc1nn(C)c(C)c1C(=O)Nc1ccc(C(=O)O)s1. The van der Waals surface area contributed by atoms with Crippen molar-refractivity contribution in [1.82, 2.24) is 9.78 Å². The van der Waals surface area contributed by atoms with E-state index in [9.17, 15) is 9.59 Å². The van der Waals surface area contributed by atoms with Crippen molar-refractivity contribution in [2.24, 2.45) is 7.05 Å². The number of thiophene rings is 1. The minimum atomic E-state index is -1.00. The summed E-state index contributed by atoms with van der Waals surface area (Å²) >= 11 is 1.02. The first-order valence-corrected chi connectivity index (χ1v) is 6.36. The zero-order valence-electron chi connectivity index (χ0n) is 10.7. The molecule has 0 unspecified atom stereocenters. The van der Waals surface area contributed by atoms with Crippen LogP contribution in [0.1, 0.15) is 31.4 Å². The zero-order chi connectivity index (χ0) is 14.2. The highest BCUT2D eigenvalue weighted by Gasteiger charge is 2.18. The molecule has 19 heavy (non-hydrogen) atoms. The molecule has 6 nitrogen and oxygen atoms in total. The van der Waals surface area contributed by atoms with Crippen LogP contribution in [0.5, 0.6) is 0 Å². The molecule has 0 aliphatic carbocycles. The highest BCUT2D eigenvalue weighted by atomic mass is 32.1. The van der Waals surface area contributed by atoms with Gasteiger partial charge in [0.2, 0.25) is 0 Å². The molecule has 0 bridgehead atoms. The molecular weight excluding hydrogens is 266 g/mol. The van der Waals surface area contributed by atoms with E-state index in [4.69, 9.17) is 5.11 Å². The second-order valence-electron chi connectivity index (χ2n) is 4.09. The normalized spacial score (nSPS) is 10.5. The molecule has 0 aliphatic rings. The molecule has 0 fully saturated rings. The maximum absolute atomic E-state index is 12.1. The lowest BCUT2D eigenvalue weighted by atomic mass is 10.2. The molecule has 0 atom stereocenters. The van der Waals surface area contributed by atoms with Crippen LogP contribution in [0.15, 0.2) is 12.1 Å². The van der Waals surface area contributed by atoms with Gasteiger partial charge in [-0.25, -0.2) is 4.79 Å². The van der Waals surface area contributed by atoms with Crippen LogP contribution in [0.2, 0.25) is 0 Å². The van der Waals surface area contributed by atoms with Gasteiger partial charge in [-0.2, -0.15) is 5.10 Å². The molecule has 1 amide bonds. The number of hydrogen-bond acceptors (Lipinski definition) is 4. The van der Waals surface area contributed by atoms with Crippen molar-refractivity contribution in [3.63, 3.8) is 0 Å². The lowest BCUT2D eigenvalue weighted by Gasteiger charge is -2.02. The van der Waals surface area contributed by atoms with Crippen LogP contribution < -0.4 is 5.32 Å². The average Bonchev–Trinajstić information content (AvgIpc) is 2.85. The van der Waals surface area contributed by atoms with Crippen LogP contribution >= 0.6 is 11.3 Å². The Labute approximate surface area is 113 Å². The third kappa shape index (κ3) is 2.50. The first-order valence-electron chi connectivity index (χ1n) is 5.55. The molecule has 0 aromatic carbocycles. The summed E-state index contributed by atoms with van der Waals surface area (Å²) in [6.07, 6.45) is 0. The van der Waals surface area contributed by atoms with E-state index in [1.807, 2.05) is 6.92 Å². The van der Waals surface area contributed by atoms with E-state index in [0.717, 1.165) is 17.0 Å². The van der Waals surface area contributed by atoms with Crippen LogP contribution in [-0.2, 0) is 7.05 Å². The summed E-state index contributed by atoms with van der Waals surface area (Å²) in [6, 6.07) is 3.04. The Morgan fingerprint density at radius 1 is 1.37 bits per heavy atom. The van der Waals surface area contributed by atoms with Gasteiger partial charge >= 0.3 is 5.97 Å². The number of rotatable bonds is 3. The molecule has 2 heterocycles. The number of hydrogen-bond donors (Lipinski definition) is 2. The predicted octanol–water partition coefficient (Wildman–Crippen LogP) is 2.05. The largest absolute Gasteiger partial charge is 0.477 e. The van der Waals surface area contributed by atoms with E-state index in [2.05, 4.69) is 10.4 Å². The van der Waals surface area contributed by atoms with Crippen molar-refractivity contribution in [1.29, 1.82) is 0 Å². The minimum absolute atomic E-state index is 0.190. The third-order valence-corrected chi connectivity index (χ3v) is 3.78. The highest BCUT2D eigenvalue weighted by Crippen LogP contribution is 2.23. The van der Waals surface area contributed by atoms with Crippen LogP contribution in [-0.4, -0.2) is 26.8 Å². The molecule has 0 radical (unpaired) electrons. The Balaban J connectivity index is 2.23. The number of carboxylic acid groups (broad SMARTS) is 1. The standard InChI is InChI=1S/C12H13N3O3S/c1-6-10(7(2)15(3)14-6)11(16)13-9-5-4-8(19-9)12(17)18/h4-5H,1-3H3,(H,13,16)(H,17,18). The van der Waals surface area contributed by atoms with Gasteiger partial charge in [-0.1, -0.05) is 0 Å². The molecule has 0 saturated heterocycles. The molecule has 0 saturated carbocycles. The Kier molecular flexibility index (Phi) is 3.39. The summed E-state index contributed by atoms with van der Waals surface area (Å²) in [6.45, 7) is 3.57. The fraction of sp³-hybridized carbons (Fsp3) is 0.250. The molecule has 2 N–H and O–H groups in total. The van der Waals surface area contributed by atoms with Crippen molar-refractivity contribution in [3.8, 4) is 0 Å². The first-order chi connectivity index (χ1) is 8.90. The van der Waals surface area contributed by atoms with Gasteiger partial charge in [0.1, 0.15) is 4.88 Å². The van der Waals surface area contributed by atoms with Gasteiger partial charge in [-0.15, -0.1) is 11.3 Å². The van der Waals surface area contributed by atoms with E-state index in [1.54, 1.807) is 24.7 Å². The lowest BCUT2D eigenvalue weighted by molar-refractivity contribution is 0.0702. The van der Waals surface area contributed by atoms with Gasteiger partial charge in [0.25, 0.3) is 5.91 Å². The quantitative estimate of drug-likeness (QED) is 0.900. The molecule has 2 rings (SSSR count). The van der Waals surface area contributed by atoms with Gasteiger partial charge in [0.15, 0.2) is 0 Å². The number of amides is 1. The molecule has 0 spiro atoms. The van der Waals surface area contributed by atoms with E-state index >= 15 is 0 Å². The molecule has 2 aromatic rings. The predicted molar refractivity (Wildman–Crippen MR) is 71.9 cm³/mol. The Morgan fingerprint density at radius 2 is 2.05 bits per heavy atom. The topological polar surface area (TPSA) is 84.2 Å². The Morgan fingerprint density at radius 3 is 2.53 bits per heavy atom. The van der Waals surface area contributed by atoms with Crippen molar-refractivity contribution in [2.45, 2.75) is 13.8 Å². The van der Waals surface area contributed by atoms with Crippen molar-refractivity contribution in [2.75, 3.05) is 5.32 Å². The van der Waals surface area contributed by atoms with Gasteiger partial charge in [-0.05, 0) is 26.0 Å². The van der Waals surface area contributed by atoms with Gasteiger partial charge in [0.05, 0.1) is 16.3 Å². The molecule has 2 aromatic heterocycles. The number of carbonyl (C=O) groups excluding carboxylic acids is 1. The summed E-state index contributed by atoms with van der Waals surface area (Å²) < 4.78 is 1.64. The smallest absolute Gasteiger partial charge is 0.345 e. The number of aromatic nitrogens is 2.